The van der Waals surface area contributed by atoms with E-state index in [1.807, 2.05) is 45.4 Å². The number of hydrogen-bond donors (Lipinski definition) is 1. The van der Waals surface area contributed by atoms with Gasteiger partial charge in [-0.1, -0.05) is 0 Å². The van der Waals surface area contributed by atoms with Crippen LogP contribution in [0.2, 0.25) is 0 Å². The van der Waals surface area contributed by atoms with E-state index >= 15 is 0 Å². The van der Waals surface area contributed by atoms with Crippen molar-refractivity contribution in [3.8, 4) is 0 Å². The van der Waals surface area contributed by atoms with Crippen molar-refractivity contribution in [1.82, 2.24) is 14.7 Å². The number of aryl methyl sites for hydroxylation is 1. The Morgan fingerprint density at radius 3 is 2.45 bits per heavy atom. The Balaban J connectivity index is 2.25. The monoisotopic (exact) mass is 306 g/mol. The zero-order chi connectivity index (χ0) is 16.7. The standard InChI is InChI=1S/C16H26N4O2/c1-10-6-7-12(14(17)21)9-19(10)15(22)13-8-11(2)20(18-13)16(3,4)5/h8,10,12H,6-7,9H2,1-5H3,(H2,17,21)/t10-,12+/m1/s1. The minimum atomic E-state index is -0.332. The second kappa shape index (κ2) is 5.74. The molecule has 0 radical (unpaired) electrons. The minimum Gasteiger partial charge on any atom is -0.369 e. The second-order valence-corrected chi connectivity index (χ2v) is 7.24. The molecular weight excluding hydrogens is 280 g/mol. The number of primary amides is 1. The molecular formula is C16H26N4O2. The summed E-state index contributed by atoms with van der Waals surface area (Å²) in [5, 5.41) is 4.47. The molecule has 6 nitrogen and oxygen atoms in total. The van der Waals surface area contributed by atoms with E-state index < -0.39 is 0 Å². The van der Waals surface area contributed by atoms with Crippen molar-refractivity contribution in [3.05, 3.63) is 17.5 Å². The molecule has 2 rings (SSSR count). The van der Waals surface area contributed by atoms with Crippen LogP contribution in [-0.4, -0.2) is 39.1 Å². The number of piperidine rings is 1. The van der Waals surface area contributed by atoms with Crippen molar-refractivity contribution < 1.29 is 9.59 Å². The summed E-state index contributed by atoms with van der Waals surface area (Å²) >= 11 is 0. The molecule has 22 heavy (non-hydrogen) atoms. The third-order valence-electron chi connectivity index (χ3n) is 4.29. The van der Waals surface area contributed by atoms with Gasteiger partial charge in [0.25, 0.3) is 5.91 Å². The maximum absolute atomic E-state index is 12.8. The molecule has 6 heteroatoms. The molecule has 0 saturated carbocycles. The largest absolute Gasteiger partial charge is 0.369 e. The molecule has 1 fully saturated rings. The second-order valence-electron chi connectivity index (χ2n) is 7.24. The zero-order valence-corrected chi connectivity index (χ0v) is 14.1. The van der Waals surface area contributed by atoms with Crippen LogP contribution in [0.25, 0.3) is 0 Å². The smallest absolute Gasteiger partial charge is 0.274 e. The fourth-order valence-electron chi connectivity index (χ4n) is 3.03. The van der Waals surface area contributed by atoms with Crippen molar-refractivity contribution >= 4 is 11.8 Å². The molecule has 1 saturated heterocycles. The van der Waals surface area contributed by atoms with Gasteiger partial charge in [0.2, 0.25) is 5.91 Å². The first-order valence-electron chi connectivity index (χ1n) is 7.78. The Morgan fingerprint density at radius 1 is 1.32 bits per heavy atom. The molecule has 0 unspecified atom stereocenters. The lowest BCUT2D eigenvalue weighted by Crippen LogP contribution is -2.48. The number of carbonyl (C=O) groups excluding carboxylic acids is 2. The molecule has 0 bridgehead atoms. The molecule has 2 N–H and O–H groups in total. The van der Waals surface area contributed by atoms with Crippen molar-refractivity contribution in [2.75, 3.05) is 6.54 Å². The molecule has 1 aliphatic rings. The van der Waals surface area contributed by atoms with Crippen molar-refractivity contribution in [1.29, 1.82) is 0 Å². The fraction of sp³-hybridized carbons (Fsp3) is 0.688. The van der Waals surface area contributed by atoms with E-state index in [4.69, 9.17) is 5.73 Å². The number of amides is 2. The topological polar surface area (TPSA) is 81.2 Å². The van der Waals surface area contributed by atoms with E-state index in [2.05, 4.69) is 5.10 Å². The highest BCUT2D eigenvalue weighted by Gasteiger charge is 2.33. The number of carbonyl (C=O) groups is 2. The third kappa shape index (κ3) is 3.15. The average Bonchev–Trinajstić information content (AvgIpc) is 2.80. The van der Waals surface area contributed by atoms with Gasteiger partial charge in [-0.05, 0) is 53.5 Å². The summed E-state index contributed by atoms with van der Waals surface area (Å²) in [6.45, 7) is 10.5. The lowest BCUT2D eigenvalue weighted by molar-refractivity contribution is -0.123. The first-order valence-corrected chi connectivity index (χ1v) is 7.78. The zero-order valence-electron chi connectivity index (χ0n) is 14.1. The van der Waals surface area contributed by atoms with Gasteiger partial charge >= 0.3 is 0 Å². The Hall–Kier alpha value is -1.85. The summed E-state index contributed by atoms with van der Waals surface area (Å²) in [4.78, 5) is 25.9. The normalized spacial score (nSPS) is 22.7. The first-order chi connectivity index (χ1) is 10.1. The molecule has 2 atom stereocenters. The number of likely N-dealkylation sites (tertiary alicyclic amines) is 1. The summed E-state index contributed by atoms with van der Waals surface area (Å²) in [6, 6.07) is 1.91. The summed E-state index contributed by atoms with van der Waals surface area (Å²) in [7, 11) is 0. The van der Waals surface area contributed by atoms with Crippen LogP contribution in [0.5, 0.6) is 0 Å². The maximum Gasteiger partial charge on any atom is 0.274 e. The van der Waals surface area contributed by atoms with Crippen molar-refractivity contribution in [2.45, 2.75) is 59.0 Å². The highest BCUT2D eigenvalue weighted by atomic mass is 16.2. The van der Waals surface area contributed by atoms with Crippen LogP contribution in [0.1, 0.15) is 56.7 Å². The van der Waals surface area contributed by atoms with Gasteiger partial charge < -0.3 is 10.6 Å². The van der Waals surface area contributed by atoms with Gasteiger partial charge in [-0.3, -0.25) is 14.3 Å². The predicted octanol–water partition coefficient (Wildman–Crippen LogP) is 1.67. The fourth-order valence-corrected chi connectivity index (χ4v) is 3.03. The summed E-state index contributed by atoms with van der Waals surface area (Å²) < 4.78 is 1.86. The first kappa shape index (κ1) is 16.5. The molecule has 0 aliphatic carbocycles. The molecule has 0 aromatic carbocycles. The van der Waals surface area contributed by atoms with E-state index in [0.717, 1.165) is 18.5 Å². The van der Waals surface area contributed by atoms with E-state index in [1.165, 1.54) is 0 Å². The van der Waals surface area contributed by atoms with E-state index in [-0.39, 0.29) is 29.3 Å². The minimum absolute atomic E-state index is 0.100. The number of nitrogens with two attached hydrogens (primary N) is 1. The highest BCUT2D eigenvalue weighted by molar-refractivity contribution is 5.93. The molecule has 0 spiro atoms. The van der Waals surface area contributed by atoms with Crippen LogP contribution in [0.4, 0.5) is 0 Å². The number of rotatable bonds is 2. The van der Waals surface area contributed by atoms with Crippen LogP contribution in [-0.2, 0) is 10.3 Å². The molecule has 1 aromatic heterocycles. The van der Waals surface area contributed by atoms with Crippen LogP contribution in [0.15, 0.2) is 6.07 Å². The van der Waals surface area contributed by atoms with E-state index in [0.29, 0.717) is 12.2 Å². The quantitative estimate of drug-likeness (QED) is 0.902. The van der Waals surface area contributed by atoms with Crippen LogP contribution < -0.4 is 5.73 Å². The lowest BCUT2D eigenvalue weighted by atomic mass is 9.92. The average molecular weight is 306 g/mol. The SMILES string of the molecule is Cc1cc(C(=O)N2C[C@@H](C(N)=O)CC[C@H]2C)nn1C(C)(C)C. The van der Waals surface area contributed by atoms with Crippen LogP contribution in [0.3, 0.4) is 0 Å². The van der Waals surface area contributed by atoms with Gasteiger partial charge in [-0.15, -0.1) is 0 Å². The molecule has 122 valence electrons. The molecule has 1 aromatic rings. The van der Waals surface area contributed by atoms with Crippen molar-refractivity contribution in [2.24, 2.45) is 11.7 Å². The van der Waals surface area contributed by atoms with Gasteiger partial charge in [-0.2, -0.15) is 5.10 Å². The Labute approximate surface area is 131 Å². The Morgan fingerprint density at radius 2 is 1.95 bits per heavy atom. The predicted molar refractivity (Wildman–Crippen MR) is 84.4 cm³/mol. The van der Waals surface area contributed by atoms with Crippen molar-refractivity contribution in [3.63, 3.8) is 0 Å². The van der Waals surface area contributed by atoms with Gasteiger partial charge in [0.15, 0.2) is 5.69 Å². The molecule has 2 amide bonds. The number of hydrogen-bond acceptors (Lipinski definition) is 3. The maximum atomic E-state index is 12.8. The van der Waals surface area contributed by atoms with Gasteiger partial charge in [-0.25, -0.2) is 0 Å². The number of aromatic nitrogens is 2. The van der Waals surface area contributed by atoms with Gasteiger partial charge in [0.05, 0.1) is 11.5 Å². The summed E-state index contributed by atoms with van der Waals surface area (Å²) in [6.07, 6.45) is 1.54. The number of nitrogens with zero attached hydrogens (tertiary/aromatic N) is 3. The lowest BCUT2D eigenvalue weighted by Gasteiger charge is -2.36. The molecule has 2 heterocycles. The van der Waals surface area contributed by atoms with E-state index in [9.17, 15) is 9.59 Å². The highest BCUT2D eigenvalue weighted by Crippen LogP contribution is 2.24. The van der Waals surface area contributed by atoms with Gasteiger partial charge in [0, 0.05) is 18.3 Å². The van der Waals surface area contributed by atoms with E-state index in [1.54, 1.807) is 4.90 Å². The summed E-state index contributed by atoms with van der Waals surface area (Å²) in [5.41, 5.74) is 6.61. The Kier molecular flexibility index (Phi) is 4.31. The Bertz CT molecular complexity index is 585. The van der Waals surface area contributed by atoms with Crippen LogP contribution >= 0.6 is 0 Å². The summed E-state index contributed by atoms with van der Waals surface area (Å²) in [5.74, 6) is -0.711. The van der Waals surface area contributed by atoms with Gasteiger partial charge in [0.1, 0.15) is 0 Å². The molecule has 1 aliphatic heterocycles. The van der Waals surface area contributed by atoms with Crippen LogP contribution in [0, 0.1) is 12.8 Å². The third-order valence-corrected chi connectivity index (χ3v) is 4.29.